The molecular formula is C21H22ClN3O4. The predicted molar refractivity (Wildman–Crippen MR) is 110 cm³/mol. The van der Waals surface area contributed by atoms with E-state index in [2.05, 4.69) is 6.92 Å². The maximum absolute atomic E-state index is 13.2. The molecule has 1 amide bonds. The summed E-state index contributed by atoms with van der Waals surface area (Å²) in [6.07, 6.45) is 3.39. The van der Waals surface area contributed by atoms with Crippen LogP contribution in [0.15, 0.2) is 50.6 Å². The summed E-state index contributed by atoms with van der Waals surface area (Å²) < 4.78 is 7.74. The lowest BCUT2D eigenvalue weighted by atomic mass is 9.99. The molecule has 0 radical (unpaired) electrons. The summed E-state index contributed by atoms with van der Waals surface area (Å²) in [4.78, 5) is 40.8. The van der Waals surface area contributed by atoms with Gasteiger partial charge in [0.1, 0.15) is 12.3 Å². The fourth-order valence-electron chi connectivity index (χ4n) is 3.74. The Bertz CT molecular complexity index is 1160. The fraction of sp³-hybridized carbons (Fsp3) is 0.381. The summed E-state index contributed by atoms with van der Waals surface area (Å²) in [5, 5.41) is 0.685. The number of furan rings is 1. The number of carbonyl (C=O) groups is 1. The van der Waals surface area contributed by atoms with Crippen molar-refractivity contribution in [1.29, 1.82) is 0 Å². The van der Waals surface area contributed by atoms with Crippen LogP contribution in [0.4, 0.5) is 0 Å². The maximum atomic E-state index is 13.2. The number of amides is 1. The minimum atomic E-state index is -0.542. The van der Waals surface area contributed by atoms with Crippen LogP contribution >= 0.6 is 11.6 Å². The van der Waals surface area contributed by atoms with Gasteiger partial charge in [0, 0.05) is 18.1 Å². The number of piperidine rings is 1. The Labute approximate surface area is 172 Å². The van der Waals surface area contributed by atoms with Crippen LogP contribution in [0.3, 0.4) is 0 Å². The van der Waals surface area contributed by atoms with Crippen LogP contribution in [-0.2, 0) is 17.9 Å². The van der Waals surface area contributed by atoms with E-state index in [0.29, 0.717) is 40.7 Å². The Hall–Kier alpha value is -2.80. The lowest BCUT2D eigenvalue weighted by molar-refractivity contribution is -0.133. The molecule has 0 aliphatic carbocycles. The van der Waals surface area contributed by atoms with Crippen LogP contribution in [-0.4, -0.2) is 33.0 Å². The van der Waals surface area contributed by atoms with Crippen molar-refractivity contribution in [1.82, 2.24) is 14.0 Å². The first-order valence-corrected chi connectivity index (χ1v) is 10.0. The number of rotatable bonds is 4. The van der Waals surface area contributed by atoms with Gasteiger partial charge in [0.25, 0.3) is 5.56 Å². The van der Waals surface area contributed by atoms with E-state index < -0.39 is 11.2 Å². The molecule has 0 atom stereocenters. The van der Waals surface area contributed by atoms with Crippen LogP contribution in [0.1, 0.15) is 25.5 Å². The second-order valence-electron chi connectivity index (χ2n) is 7.56. The van der Waals surface area contributed by atoms with Crippen molar-refractivity contribution in [3.05, 3.63) is 68.2 Å². The maximum Gasteiger partial charge on any atom is 0.332 e. The number of aromatic nitrogens is 2. The molecule has 1 fully saturated rings. The second-order valence-corrected chi connectivity index (χ2v) is 8.00. The van der Waals surface area contributed by atoms with Gasteiger partial charge in [0.15, 0.2) is 0 Å². The highest BCUT2D eigenvalue weighted by Crippen LogP contribution is 2.18. The van der Waals surface area contributed by atoms with Crippen molar-refractivity contribution < 1.29 is 9.21 Å². The standard InChI is InChI=1S/C21H22ClN3O4/c1-14-6-8-23(9-7-14)19(26)13-24-18-5-4-15(22)11-17(18)20(27)25(21(24)28)12-16-3-2-10-29-16/h2-5,10-11,14H,6-9,12-13H2,1H3. The fourth-order valence-corrected chi connectivity index (χ4v) is 3.91. The summed E-state index contributed by atoms with van der Waals surface area (Å²) in [6, 6.07) is 8.14. The SMILES string of the molecule is CC1CCN(C(=O)Cn2c(=O)n(Cc3ccco3)c(=O)c3cc(Cl)ccc32)CC1. The van der Waals surface area contributed by atoms with Crippen molar-refractivity contribution >= 4 is 28.4 Å². The van der Waals surface area contributed by atoms with Crippen LogP contribution in [0.2, 0.25) is 5.02 Å². The van der Waals surface area contributed by atoms with Crippen molar-refractivity contribution in [2.45, 2.75) is 32.9 Å². The molecule has 7 nitrogen and oxygen atoms in total. The summed E-state index contributed by atoms with van der Waals surface area (Å²) >= 11 is 6.09. The first-order chi connectivity index (χ1) is 13.9. The van der Waals surface area contributed by atoms with Gasteiger partial charge in [-0.25, -0.2) is 4.79 Å². The molecule has 1 aliphatic rings. The van der Waals surface area contributed by atoms with E-state index in [1.54, 1.807) is 29.2 Å². The number of fused-ring (bicyclic) bond motifs is 1. The molecule has 4 rings (SSSR count). The Balaban J connectivity index is 1.78. The van der Waals surface area contributed by atoms with Crippen LogP contribution in [0.25, 0.3) is 10.9 Å². The summed E-state index contributed by atoms with van der Waals surface area (Å²) in [5.74, 6) is 0.951. The van der Waals surface area contributed by atoms with Gasteiger partial charge in [0.05, 0.1) is 23.7 Å². The third-order valence-electron chi connectivity index (χ3n) is 5.51. The summed E-state index contributed by atoms with van der Waals surface area (Å²) in [7, 11) is 0. The van der Waals surface area contributed by atoms with Crippen LogP contribution < -0.4 is 11.2 Å². The van der Waals surface area contributed by atoms with Gasteiger partial charge in [-0.2, -0.15) is 0 Å². The number of halogens is 1. The third-order valence-corrected chi connectivity index (χ3v) is 5.75. The van der Waals surface area contributed by atoms with Gasteiger partial charge >= 0.3 is 5.69 Å². The zero-order chi connectivity index (χ0) is 20.5. The Morgan fingerprint density at radius 1 is 1.17 bits per heavy atom. The Kier molecular flexibility index (Phi) is 5.32. The van der Waals surface area contributed by atoms with E-state index in [-0.39, 0.29) is 19.0 Å². The molecule has 3 aromatic rings. The van der Waals surface area contributed by atoms with E-state index in [9.17, 15) is 14.4 Å². The zero-order valence-electron chi connectivity index (χ0n) is 16.1. The lowest BCUT2D eigenvalue weighted by Gasteiger charge is -2.30. The van der Waals surface area contributed by atoms with E-state index in [1.807, 2.05) is 0 Å². The average molecular weight is 416 g/mol. The summed E-state index contributed by atoms with van der Waals surface area (Å²) in [5.41, 5.74) is -0.599. The van der Waals surface area contributed by atoms with Gasteiger partial charge in [-0.15, -0.1) is 0 Å². The van der Waals surface area contributed by atoms with Gasteiger partial charge in [0.2, 0.25) is 5.91 Å². The highest BCUT2D eigenvalue weighted by molar-refractivity contribution is 6.31. The van der Waals surface area contributed by atoms with Gasteiger partial charge in [-0.1, -0.05) is 18.5 Å². The number of carbonyl (C=O) groups excluding carboxylic acids is 1. The van der Waals surface area contributed by atoms with Crippen molar-refractivity contribution in [2.75, 3.05) is 13.1 Å². The predicted octanol–water partition coefficient (Wildman–Crippen LogP) is 2.72. The number of benzene rings is 1. The molecule has 0 unspecified atom stereocenters. The van der Waals surface area contributed by atoms with Gasteiger partial charge < -0.3 is 9.32 Å². The normalized spacial score (nSPS) is 15.2. The van der Waals surface area contributed by atoms with Crippen molar-refractivity contribution in [3.8, 4) is 0 Å². The first-order valence-electron chi connectivity index (χ1n) is 9.67. The molecule has 0 spiro atoms. The van der Waals surface area contributed by atoms with Crippen molar-refractivity contribution in [2.24, 2.45) is 5.92 Å². The first kappa shape index (κ1) is 19.5. The van der Waals surface area contributed by atoms with Gasteiger partial charge in [-0.05, 0) is 49.1 Å². The Morgan fingerprint density at radius 2 is 1.93 bits per heavy atom. The minimum Gasteiger partial charge on any atom is -0.467 e. The molecule has 29 heavy (non-hydrogen) atoms. The second kappa shape index (κ2) is 7.91. The molecular weight excluding hydrogens is 394 g/mol. The van der Waals surface area contributed by atoms with E-state index in [0.717, 1.165) is 17.4 Å². The monoisotopic (exact) mass is 415 g/mol. The molecule has 0 saturated carbocycles. The molecule has 1 saturated heterocycles. The van der Waals surface area contributed by atoms with E-state index >= 15 is 0 Å². The average Bonchev–Trinajstić information content (AvgIpc) is 3.22. The van der Waals surface area contributed by atoms with E-state index in [1.165, 1.54) is 16.9 Å². The molecule has 2 aromatic heterocycles. The molecule has 152 valence electrons. The molecule has 0 N–H and O–H groups in total. The topological polar surface area (TPSA) is 77.5 Å². The van der Waals surface area contributed by atoms with Crippen LogP contribution in [0, 0.1) is 5.92 Å². The molecule has 3 heterocycles. The van der Waals surface area contributed by atoms with Gasteiger partial charge in [-0.3, -0.25) is 18.7 Å². The summed E-state index contributed by atoms with van der Waals surface area (Å²) in [6.45, 7) is 3.41. The molecule has 0 bridgehead atoms. The highest BCUT2D eigenvalue weighted by Gasteiger charge is 2.23. The number of nitrogens with zero attached hydrogens (tertiary/aromatic N) is 3. The van der Waals surface area contributed by atoms with Crippen LogP contribution in [0.5, 0.6) is 0 Å². The number of hydrogen-bond donors (Lipinski definition) is 0. The molecule has 1 aliphatic heterocycles. The lowest BCUT2D eigenvalue weighted by Crippen LogP contribution is -2.45. The van der Waals surface area contributed by atoms with Crippen molar-refractivity contribution in [3.63, 3.8) is 0 Å². The molecule has 8 heteroatoms. The third kappa shape index (κ3) is 3.87. The largest absolute Gasteiger partial charge is 0.467 e. The minimum absolute atomic E-state index is 0.0114. The number of hydrogen-bond acceptors (Lipinski definition) is 4. The Morgan fingerprint density at radius 3 is 2.62 bits per heavy atom. The quantitative estimate of drug-likeness (QED) is 0.656. The smallest absolute Gasteiger partial charge is 0.332 e. The zero-order valence-corrected chi connectivity index (χ0v) is 16.9. The molecule has 1 aromatic carbocycles. The van der Waals surface area contributed by atoms with E-state index in [4.69, 9.17) is 16.0 Å². The number of likely N-dealkylation sites (tertiary alicyclic amines) is 1. The highest BCUT2D eigenvalue weighted by atomic mass is 35.5.